The highest BCUT2D eigenvalue weighted by Crippen LogP contribution is 2.29. The van der Waals surface area contributed by atoms with Gasteiger partial charge in [-0.25, -0.2) is 9.37 Å². The fourth-order valence-electron chi connectivity index (χ4n) is 3.59. The molecule has 0 bridgehead atoms. The summed E-state index contributed by atoms with van der Waals surface area (Å²) in [5.74, 6) is 0.553. The summed E-state index contributed by atoms with van der Waals surface area (Å²) in [6.45, 7) is 2.93. The van der Waals surface area contributed by atoms with E-state index in [4.69, 9.17) is 4.74 Å². The topological polar surface area (TPSA) is 50.6 Å². The van der Waals surface area contributed by atoms with Crippen molar-refractivity contribution in [2.24, 2.45) is 0 Å². The lowest BCUT2D eigenvalue weighted by Gasteiger charge is -2.33. The Morgan fingerprint density at radius 2 is 2.22 bits per heavy atom. The number of hydrogen-bond donors (Lipinski definition) is 0. The van der Waals surface area contributed by atoms with Crippen LogP contribution in [0.25, 0.3) is 0 Å². The van der Waals surface area contributed by atoms with Crippen molar-refractivity contribution >= 4 is 5.91 Å². The van der Waals surface area contributed by atoms with Gasteiger partial charge in [0, 0.05) is 44.5 Å². The van der Waals surface area contributed by atoms with E-state index in [1.165, 1.54) is 13.2 Å². The number of nitrogens with zero attached hydrogens (tertiary/aromatic N) is 4. The maximum atomic E-state index is 14.3. The number of likely N-dealkylation sites (tertiary alicyclic amines) is 1. The molecule has 146 valence electrons. The zero-order valence-corrected chi connectivity index (χ0v) is 16.2. The molecule has 0 aliphatic carbocycles. The highest BCUT2D eigenvalue weighted by atomic mass is 19.1. The third-order valence-electron chi connectivity index (χ3n) is 5.02. The first-order chi connectivity index (χ1) is 13.0. The van der Waals surface area contributed by atoms with Crippen molar-refractivity contribution in [1.29, 1.82) is 0 Å². The van der Waals surface area contributed by atoms with E-state index >= 15 is 0 Å². The molecule has 3 rings (SSSR count). The van der Waals surface area contributed by atoms with Crippen LogP contribution in [0.4, 0.5) is 4.39 Å². The first-order valence-electron chi connectivity index (χ1n) is 9.28. The molecule has 6 nitrogen and oxygen atoms in total. The molecule has 1 aromatic heterocycles. The molecule has 1 aromatic carbocycles. The predicted molar refractivity (Wildman–Crippen MR) is 102 cm³/mol. The number of benzene rings is 1. The minimum absolute atomic E-state index is 0.0107. The normalized spacial score (nSPS) is 17.4. The van der Waals surface area contributed by atoms with Gasteiger partial charge in [-0.05, 0) is 39.1 Å². The van der Waals surface area contributed by atoms with Gasteiger partial charge < -0.3 is 19.1 Å². The van der Waals surface area contributed by atoms with E-state index in [0.29, 0.717) is 13.1 Å². The molecule has 0 spiro atoms. The van der Waals surface area contributed by atoms with E-state index in [9.17, 15) is 9.18 Å². The Balaban J connectivity index is 1.77. The lowest BCUT2D eigenvalue weighted by molar-refractivity contribution is 0.0694. The molecular weight excluding hydrogens is 347 g/mol. The average Bonchev–Trinajstić information content (AvgIpc) is 3.14. The lowest BCUT2D eigenvalue weighted by atomic mass is 9.96. The summed E-state index contributed by atoms with van der Waals surface area (Å²) >= 11 is 0. The molecule has 2 aromatic rings. The number of carbonyl (C=O) groups is 1. The number of likely N-dealkylation sites (N-methyl/N-ethyl adjacent to an activating group) is 1. The number of piperidine rings is 1. The van der Waals surface area contributed by atoms with E-state index in [0.717, 1.165) is 31.8 Å². The summed E-state index contributed by atoms with van der Waals surface area (Å²) in [6.07, 6.45) is 5.63. The quantitative estimate of drug-likeness (QED) is 0.780. The highest BCUT2D eigenvalue weighted by molar-refractivity contribution is 5.97. The minimum Gasteiger partial charge on any atom is -0.496 e. The Hall–Kier alpha value is -2.41. The Bertz CT molecular complexity index is 790. The lowest BCUT2D eigenvalue weighted by Crippen LogP contribution is -2.40. The molecule has 27 heavy (non-hydrogen) atoms. The van der Waals surface area contributed by atoms with Crippen molar-refractivity contribution < 1.29 is 13.9 Å². The number of amides is 1. The standard InChI is InChI=1S/C20H27FN4O2/c1-23(2)12-13-24-11-9-22-19(24)15-6-5-10-25(14-15)20(26)18-16(21)7-4-8-17(18)27-3/h4,7-9,11,15H,5-6,10,12-14H2,1-3H3. The second-order valence-corrected chi connectivity index (χ2v) is 7.19. The van der Waals surface area contributed by atoms with Crippen LogP contribution in [-0.4, -0.2) is 66.1 Å². The summed E-state index contributed by atoms with van der Waals surface area (Å²) in [5, 5.41) is 0. The van der Waals surface area contributed by atoms with Gasteiger partial charge in [0.1, 0.15) is 23.0 Å². The second-order valence-electron chi connectivity index (χ2n) is 7.19. The molecule has 1 aliphatic heterocycles. The van der Waals surface area contributed by atoms with Crippen molar-refractivity contribution in [2.75, 3.05) is 40.8 Å². The van der Waals surface area contributed by atoms with Crippen LogP contribution in [0, 0.1) is 5.82 Å². The summed E-state index contributed by atoms with van der Waals surface area (Å²) in [6, 6.07) is 4.46. The molecule has 1 unspecified atom stereocenters. The van der Waals surface area contributed by atoms with Crippen molar-refractivity contribution in [3.05, 3.63) is 47.8 Å². The van der Waals surface area contributed by atoms with E-state index in [-0.39, 0.29) is 23.1 Å². The predicted octanol–water partition coefficient (Wildman–Crippen LogP) is 2.61. The molecular formula is C20H27FN4O2. The molecule has 1 fully saturated rings. The number of methoxy groups -OCH3 is 1. The van der Waals surface area contributed by atoms with Crippen LogP contribution in [-0.2, 0) is 6.54 Å². The number of rotatable bonds is 6. The highest BCUT2D eigenvalue weighted by Gasteiger charge is 2.30. The first-order valence-corrected chi connectivity index (χ1v) is 9.28. The average molecular weight is 374 g/mol. The summed E-state index contributed by atoms with van der Waals surface area (Å²) in [5.41, 5.74) is 0.0107. The maximum absolute atomic E-state index is 14.3. The largest absolute Gasteiger partial charge is 0.496 e. The zero-order valence-electron chi connectivity index (χ0n) is 16.2. The van der Waals surface area contributed by atoms with E-state index in [2.05, 4.69) is 14.5 Å². The van der Waals surface area contributed by atoms with Gasteiger partial charge in [-0.15, -0.1) is 0 Å². The monoisotopic (exact) mass is 374 g/mol. The molecule has 2 heterocycles. The number of aromatic nitrogens is 2. The number of hydrogen-bond acceptors (Lipinski definition) is 4. The molecule has 1 saturated heterocycles. The third kappa shape index (κ3) is 4.30. The van der Waals surface area contributed by atoms with Gasteiger partial charge in [-0.2, -0.15) is 0 Å². The van der Waals surface area contributed by atoms with Gasteiger partial charge in [0.05, 0.1) is 7.11 Å². The SMILES string of the molecule is COc1cccc(F)c1C(=O)N1CCCC(c2nccn2CCN(C)C)C1. The fraction of sp³-hybridized carbons (Fsp3) is 0.500. The van der Waals surface area contributed by atoms with Crippen molar-refractivity contribution in [2.45, 2.75) is 25.3 Å². The first kappa shape index (κ1) is 19.4. The maximum Gasteiger partial charge on any atom is 0.260 e. The Morgan fingerprint density at radius 3 is 2.96 bits per heavy atom. The summed E-state index contributed by atoms with van der Waals surface area (Å²) < 4.78 is 21.7. The summed E-state index contributed by atoms with van der Waals surface area (Å²) in [4.78, 5) is 21.4. The second kappa shape index (κ2) is 8.52. The molecule has 1 amide bonds. The molecule has 1 atom stereocenters. The van der Waals surface area contributed by atoms with Gasteiger partial charge in [-0.3, -0.25) is 4.79 Å². The van der Waals surface area contributed by atoms with Gasteiger partial charge in [-0.1, -0.05) is 6.07 Å². The van der Waals surface area contributed by atoms with Gasteiger partial charge in [0.2, 0.25) is 0 Å². The van der Waals surface area contributed by atoms with Crippen LogP contribution in [0.1, 0.15) is 34.9 Å². The van der Waals surface area contributed by atoms with Crippen LogP contribution in [0.2, 0.25) is 0 Å². The van der Waals surface area contributed by atoms with Crippen molar-refractivity contribution in [3.8, 4) is 5.75 Å². The molecule has 0 N–H and O–H groups in total. The Kier molecular flexibility index (Phi) is 6.11. The molecule has 1 aliphatic rings. The van der Waals surface area contributed by atoms with Gasteiger partial charge in [0.15, 0.2) is 0 Å². The van der Waals surface area contributed by atoms with Crippen LogP contribution < -0.4 is 4.74 Å². The number of ether oxygens (including phenoxy) is 1. The number of carbonyl (C=O) groups excluding carboxylic acids is 1. The number of halogens is 1. The van der Waals surface area contributed by atoms with Gasteiger partial charge in [0.25, 0.3) is 5.91 Å². The Morgan fingerprint density at radius 1 is 1.41 bits per heavy atom. The third-order valence-corrected chi connectivity index (χ3v) is 5.02. The number of imidazole rings is 1. The van der Waals surface area contributed by atoms with Crippen molar-refractivity contribution in [1.82, 2.24) is 19.4 Å². The zero-order chi connectivity index (χ0) is 19.4. The van der Waals surface area contributed by atoms with E-state index < -0.39 is 5.82 Å². The molecule has 0 saturated carbocycles. The minimum atomic E-state index is -0.547. The fourth-order valence-corrected chi connectivity index (χ4v) is 3.59. The van der Waals surface area contributed by atoms with E-state index in [1.54, 1.807) is 17.0 Å². The Labute approximate surface area is 159 Å². The van der Waals surface area contributed by atoms with E-state index in [1.807, 2.05) is 26.5 Å². The van der Waals surface area contributed by atoms with Crippen LogP contribution in [0.3, 0.4) is 0 Å². The molecule has 0 radical (unpaired) electrons. The smallest absolute Gasteiger partial charge is 0.260 e. The van der Waals surface area contributed by atoms with Crippen LogP contribution in [0.5, 0.6) is 5.75 Å². The van der Waals surface area contributed by atoms with Gasteiger partial charge >= 0.3 is 0 Å². The van der Waals surface area contributed by atoms with Crippen LogP contribution in [0.15, 0.2) is 30.6 Å². The summed E-state index contributed by atoms with van der Waals surface area (Å²) in [7, 11) is 5.53. The van der Waals surface area contributed by atoms with Crippen LogP contribution >= 0.6 is 0 Å². The molecule has 7 heteroatoms. The van der Waals surface area contributed by atoms with Crippen molar-refractivity contribution in [3.63, 3.8) is 0 Å².